The number of benzene rings is 1. The molecule has 0 spiro atoms. The molecule has 2 rings (SSSR count). The van der Waals surface area contributed by atoms with E-state index in [9.17, 15) is 14.7 Å². The van der Waals surface area contributed by atoms with Gasteiger partial charge in [-0.1, -0.05) is 19.9 Å². The lowest BCUT2D eigenvalue weighted by molar-refractivity contribution is -0.148. The Hall–Kier alpha value is -1.84. The summed E-state index contributed by atoms with van der Waals surface area (Å²) in [6.45, 7) is 8.30. The SMILES string of the molecule is Cc1ccc(C(=O)N2CCCC(C)(C)C2C(=O)O)cc1C. The molecule has 4 heteroatoms. The summed E-state index contributed by atoms with van der Waals surface area (Å²) in [4.78, 5) is 25.9. The number of hydrogen-bond donors (Lipinski definition) is 1. The van der Waals surface area contributed by atoms with Crippen LogP contribution in [0.2, 0.25) is 0 Å². The first-order valence-corrected chi connectivity index (χ1v) is 7.35. The van der Waals surface area contributed by atoms with Crippen LogP contribution in [0.5, 0.6) is 0 Å². The molecule has 1 fully saturated rings. The number of amides is 1. The molecule has 1 saturated heterocycles. The van der Waals surface area contributed by atoms with E-state index >= 15 is 0 Å². The van der Waals surface area contributed by atoms with Crippen LogP contribution in [0.3, 0.4) is 0 Å². The molecule has 0 radical (unpaired) electrons. The Morgan fingerprint density at radius 3 is 2.48 bits per heavy atom. The Labute approximate surface area is 125 Å². The van der Waals surface area contributed by atoms with Crippen molar-refractivity contribution in [3.05, 3.63) is 34.9 Å². The van der Waals surface area contributed by atoms with Crippen LogP contribution in [0.1, 0.15) is 48.2 Å². The molecule has 1 N–H and O–H groups in total. The predicted molar refractivity (Wildman–Crippen MR) is 81.4 cm³/mol. The van der Waals surface area contributed by atoms with E-state index in [4.69, 9.17) is 0 Å². The van der Waals surface area contributed by atoms with Gasteiger partial charge in [-0.2, -0.15) is 0 Å². The monoisotopic (exact) mass is 289 g/mol. The van der Waals surface area contributed by atoms with Crippen molar-refractivity contribution >= 4 is 11.9 Å². The molecule has 0 bridgehead atoms. The van der Waals surface area contributed by atoms with Gasteiger partial charge in [-0.15, -0.1) is 0 Å². The third kappa shape index (κ3) is 2.94. The highest BCUT2D eigenvalue weighted by molar-refractivity contribution is 5.97. The van der Waals surface area contributed by atoms with Crippen molar-refractivity contribution in [2.45, 2.75) is 46.6 Å². The zero-order valence-corrected chi connectivity index (χ0v) is 13.1. The second-order valence-corrected chi connectivity index (χ2v) is 6.63. The summed E-state index contributed by atoms with van der Waals surface area (Å²) >= 11 is 0. The van der Waals surface area contributed by atoms with Crippen LogP contribution in [0.15, 0.2) is 18.2 Å². The Morgan fingerprint density at radius 2 is 1.90 bits per heavy atom. The molecule has 1 aromatic carbocycles. The highest BCUT2D eigenvalue weighted by atomic mass is 16.4. The Kier molecular flexibility index (Phi) is 4.08. The summed E-state index contributed by atoms with van der Waals surface area (Å²) < 4.78 is 0. The highest BCUT2D eigenvalue weighted by Gasteiger charge is 2.44. The van der Waals surface area contributed by atoms with Crippen LogP contribution in [0.25, 0.3) is 0 Å². The first kappa shape index (κ1) is 15.5. The van der Waals surface area contributed by atoms with Crippen LogP contribution in [-0.2, 0) is 4.79 Å². The van der Waals surface area contributed by atoms with Gasteiger partial charge in [-0.3, -0.25) is 4.79 Å². The lowest BCUT2D eigenvalue weighted by atomic mass is 9.76. The fraction of sp³-hybridized carbons (Fsp3) is 0.529. The Morgan fingerprint density at radius 1 is 1.24 bits per heavy atom. The van der Waals surface area contributed by atoms with E-state index in [1.165, 1.54) is 4.90 Å². The van der Waals surface area contributed by atoms with Gasteiger partial charge in [0.1, 0.15) is 6.04 Å². The minimum Gasteiger partial charge on any atom is -0.480 e. The number of aryl methyl sites for hydroxylation is 2. The van der Waals surface area contributed by atoms with Crippen molar-refractivity contribution in [3.8, 4) is 0 Å². The molecule has 0 aromatic heterocycles. The number of carboxylic acids is 1. The second-order valence-electron chi connectivity index (χ2n) is 6.63. The van der Waals surface area contributed by atoms with Crippen molar-refractivity contribution in [1.29, 1.82) is 0 Å². The van der Waals surface area contributed by atoms with Gasteiger partial charge in [0.05, 0.1) is 0 Å². The summed E-state index contributed by atoms with van der Waals surface area (Å²) in [7, 11) is 0. The molecule has 114 valence electrons. The van der Waals surface area contributed by atoms with Crippen molar-refractivity contribution in [2.75, 3.05) is 6.54 Å². The van der Waals surface area contributed by atoms with E-state index in [2.05, 4.69) is 0 Å². The van der Waals surface area contributed by atoms with E-state index in [0.29, 0.717) is 12.1 Å². The standard InChI is InChI=1S/C17H23NO3/c1-11-6-7-13(10-12(11)2)15(19)18-9-5-8-17(3,4)14(18)16(20)21/h6-7,10,14H,5,8-9H2,1-4H3,(H,20,21). The van der Waals surface area contributed by atoms with Crippen LogP contribution in [-0.4, -0.2) is 34.5 Å². The largest absolute Gasteiger partial charge is 0.480 e. The molecule has 4 nitrogen and oxygen atoms in total. The fourth-order valence-corrected chi connectivity index (χ4v) is 3.12. The van der Waals surface area contributed by atoms with Crippen molar-refractivity contribution in [2.24, 2.45) is 5.41 Å². The molecule has 1 amide bonds. The van der Waals surface area contributed by atoms with Crippen LogP contribution >= 0.6 is 0 Å². The Balaban J connectivity index is 2.35. The van der Waals surface area contributed by atoms with Gasteiger partial charge in [-0.05, 0) is 55.4 Å². The van der Waals surface area contributed by atoms with E-state index < -0.39 is 17.4 Å². The van der Waals surface area contributed by atoms with E-state index in [1.54, 1.807) is 6.07 Å². The molecule has 1 aromatic rings. The third-order valence-corrected chi connectivity index (χ3v) is 4.52. The summed E-state index contributed by atoms with van der Waals surface area (Å²) in [5.41, 5.74) is 2.34. The number of nitrogens with zero attached hydrogens (tertiary/aromatic N) is 1. The van der Waals surface area contributed by atoms with Gasteiger partial charge in [0.2, 0.25) is 0 Å². The molecule has 1 atom stereocenters. The maximum atomic E-state index is 12.7. The summed E-state index contributed by atoms with van der Waals surface area (Å²) in [5, 5.41) is 9.54. The number of aliphatic carboxylic acids is 1. The zero-order chi connectivity index (χ0) is 15.8. The van der Waals surface area contributed by atoms with E-state index in [0.717, 1.165) is 24.0 Å². The number of carbonyl (C=O) groups is 2. The van der Waals surface area contributed by atoms with Gasteiger partial charge in [0.15, 0.2) is 0 Å². The first-order valence-electron chi connectivity index (χ1n) is 7.35. The van der Waals surface area contributed by atoms with Gasteiger partial charge in [0, 0.05) is 12.1 Å². The summed E-state index contributed by atoms with van der Waals surface area (Å²) in [6, 6.07) is 4.77. The Bertz CT molecular complexity index is 577. The van der Waals surface area contributed by atoms with Crippen molar-refractivity contribution in [1.82, 2.24) is 4.90 Å². The lowest BCUT2D eigenvalue weighted by Crippen LogP contribution is -2.56. The minimum absolute atomic E-state index is 0.182. The predicted octanol–water partition coefficient (Wildman–Crippen LogP) is 3.02. The second kappa shape index (κ2) is 5.51. The maximum Gasteiger partial charge on any atom is 0.326 e. The quantitative estimate of drug-likeness (QED) is 0.910. The van der Waals surface area contributed by atoms with E-state index in [-0.39, 0.29) is 5.91 Å². The van der Waals surface area contributed by atoms with Gasteiger partial charge < -0.3 is 10.0 Å². The summed E-state index contributed by atoms with van der Waals surface area (Å²) in [6.07, 6.45) is 1.66. The number of rotatable bonds is 2. The smallest absolute Gasteiger partial charge is 0.326 e. The zero-order valence-electron chi connectivity index (χ0n) is 13.1. The lowest BCUT2D eigenvalue weighted by Gasteiger charge is -2.44. The molecule has 1 aliphatic rings. The van der Waals surface area contributed by atoms with Crippen LogP contribution < -0.4 is 0 Å². The third-order valence-electron chi connectivity index (χ3n) is 4.52. The molecule has 21 heavy (non-hydrogen) atoms. The number of piperidine rings is 1. The fourth-order valence-electron chi connectivity index (χ4n) is 3.12. The number of likely N-dealkylation sites (tertiary alicyclic amines) is 1. The van der Waals surface area contributed by atoms with E-state index in [1.807, 2.05) is 39.8 Å². The first-order chi connectivity index (χ1) is 9.74. The average molecular weight is 289 g/mol. The normalized spacial score (nSPS) is 21.1. The number of carboxylic acid groups (broad SMARTS) is 1. The molecular weight excluding hydrogens is 266 g/mol. The molecule has 1 heterocycles. The maximum absolute atomic E-state index is 12.7. The molecule has 1 aliphatic heterocycles. The number of carbonyl (C=O) groups excluding carboxylic acids is 1. The topological polar surface area (TPSA) is 57.6 Å². The van der Waals surface area contributed by atoms with Crippen LogP contribution in [0.4, 0.5) is 0 Å². The van der Waals surface area contributed by atoms with Crippen molar-refractivity contribution < 1.29 is 14.7 Å². The summed E-state index contributed by atoms with van der Waals surface area (Å²) in [5.74, 6) is -1.10. The molecular formula is C17H23NO3. The molecule has 1 unspecified atom stereocenters. The molecule has 0 aliphatic carbocycles. The minimum atomic E-state index is -0.920. The number of hydrogen-bond acceptors (Lipinski definition) is 2. The van der Waals surface area contributed by atoms with Gasteiger partial charge in [-0.25, -0.2) is 4.79 Å². The average Bonchev–Trinajstić information content (AvgIpc) is 2.39. The molecule has 0 saturated carbocycles. The highest BCUT2D eigenvalue weighted by Crippen LogP contribution is 2.36. The van der Waals surface area contributed by atoms with Crippen molar-refractivity contribution in [3.63, 3.8) is 0 Å². The van der Waals surface area contributed by atoms with Gasteiger partial charge in [0.25, 0.3) is 5.91 Å². The van der Waals surface area contributed by atoms with Gasteiger partial charge >= 0.3 is 5.97 Å². The van der Waals surface area contributed by atoms with Crippen LogP contribution in [0, 0.1) is 19.3 Å².